The van der Waals surface area contributed by atoms with Crippen LogP contribution >= 0.6 is 34.8 Å². The summed E-state index contributed by atoms with van der Waals surface area (Å²) < 4.78 is 29.2. The summed E-state index contributed by atoms with van der Waals surface area (Å²) in [6, 6.07) is 23.5. The van der Waals surface area contributed by atoms with Gasteiger partial charge in [0.2, 0.25) is 10.0 Å². The highest BCUT2D eigenvalue weighted by atomic mass is 127. The molecule has 3 rings (SSSR count). The summed E-state index contributed by atoms with van der Waals surface area (Å²) >= 11 is 7.41. The van der Waals surface area contributed by atoms with Crippen molar-refractivity contribution in [3.63, 3.8) is 0 Å². The quantitative estimate of drug-likeness (QED) is 0.195. The maximum atomic E-state index is 12.9. The van der Waals surface area contributed by atoms with Crippen LogP contribution in [0.2, 0.25) is 0 Å². The smallest absolute Gasteiger partial charge is 0.256 e. The van der Waals surface area contributed by atoms with Gasteiger partial charge in [-0.2, -0.15) is 4.72 Å². The summed E-state index contributed by atoms with van der Waals surface area (Å²) in [4.78, 5) is 12.9. The Morgan fingerprint density at radius 2 is 1.47 bits per heavy atom. The molecule has 0 unspecified atom stereocenters. The second-order valence-corrected chi connectivity index (χ2v) is 10.1. The Bertz CT molecular complexity index is 1160. The maximum absolute atomic E-state index is 12.9. The number of halogens is 1. The normalized spacial score (nSPS) is 11.9. The average Bonchev–Trinajstić information content (AvgIpc) is 2.80. The van der Waals surface area contributed by atoms with E-state index in [0.717, 1.165) is 14.8 Å². The van der Waals surface area contributed by atoms with Gasteiger partial charge in [0.25, 0.3) is 5.91 Å². The van der Waals surface area contributed by atoms with Gasteiger partial charge in [0.05, 0.1) is 4.90 Å². The van der Waals surface area contributed by atoms with Crippen LogP contribution in [0.5, 0.6) is 0 Å². The summed E-state index contributed by atoms with van der Waals surface area (Å²) in [6.45, 7) is 0. The Balaban J connectivity index is 1.68. The Morgan fingerprint density at radius 1 is 0.875 bits per heavy atom. The molecule has 0 aliphatic carbocycles. The van der Waals surface area contributed by atoms with Crippen molar-refractivity contribution in [2.24, 2.45) is 0 Å². The zero-order valence-electron chi connectivity index (χ0n) is 16.8. The van der Waals surface area contributed by atoms with Crippen LogP contribution in [0.1, 0.15) is 5.56 Å². The summed E-state index contributed by atoms with van der Waals surface area (Å²) in [6.07, 6.45) is 0.164. The zero-order chi connectivity index (χ0) is 23.0. The number of hydrogen-bond donors (Lipinski definition) is 4. The predicted molar refractivity (Wildman–Crippen MR) is 137 cm³/mol. The third kappa shape index (κ3) is 7.26. The number of carbonyl (C=O) groups excluding carboxylic acids is 1. The number of hydrazine groups is 1. The van der Waals surface area contributed by atoms with Crippen LogP contribution < -0.4 is 20.9 Å². The second-order valence-electron chi connectivity index (χ2n) is 6.75. The minimum Gasteiger partial charge on any atom is -0.331 e. The molecule has 0 aliphatic rings. The third-order valence-electron chi connectivity index (χ3n) is 4.35. The van der Waals surface area contributed by atoms with E-state index in [-0.39, 0.29) is 16.4 Å². The minimum absolute atomic E-state index is 0.0784. The number of rotatable bonds is 7. The highest BCUT2D eigenvalue weighted by Gasteiger charge is 2.26. The lowest BCUT2D eigenvalue weighted by atomic mass is 10.1. The Hall–Kier alpha value is -2.54. The first-order valence-corrected chi connectivity index (χ1v) is 12.5. The Morgan fingerprint density at radius 3 is 2.09 bits per heavy atom. The first-order chi connectivity index (χ1) is 15.3. The second kappa shape index (κ2) is 11.4. The summed E-state index contributed by atoms with van der Waals surface area (Å²) in [5.41, 5.74) is 6.67. The molecule has 0 saturated heterocycles. The number of carbonyl (C=O) groups is 1. The third-order valence-corrected chi connectivity index (χ3v) is 6.76. The number of anilines is 1. The van der Waals surface area contributed by atoms with Gasteiger partial charge >= 0.3 is 0 Å². The van der Waals surface area contributed by atoms with Gasteiger partial charge in [-0.05, 0) is 83.2 Å². The molecule has 3 aromatic carbocycles. The Labute approximate surface area is 206 Å². The van der Waals surface area contributed by atoms with Crippen molar-refractivity contribution in [1.29, 1.82) is 0 Å². The van der Waals surface area contributed by atoms with Crippen molar-refractivity contribution >= 4 is 61.5 Å². The first-order valence-electron chi connectivity index (χ1n) is 9.57. The average molecular weight is 580 g/mol. The molecule has 0 bridgehead atoms. The van der Waals surface area contributed by atoms with E-state index in [4.69, 9.17) is 12.2 Å². The van der Waals surface area contributed by atoms with E-state index >= 15 is 0 Å². The number of sulfonamides is 1. The monoisotopic (exact) mass is 580 g/mol. The molecule has 0 heterocycles. The van der Waals surface area contributed by atoms with E-state index in [1.807, 2.05) is 54.6 Å². The van der Waals surface area contributed by atoms with Crippen LogP contribution in [-0.2, 0) is 21.2 Å². The fourth-order valence-corrected chi connectivity index (χ4v) is 4.54. The maximum Gasteiger partial charge on any atom is 0.256 e. The molecule has 32 heavy (non-hydrogen) atoms. The van der Waals surface area contributed by atoms with E-state index in [9.17, 15) is 13.2 Å². The lowest BCUT2D eigenvalue weighted by Gasteiger charge is -2.20. The SMILES string of the molecule is O=C(NNC(=S)Nc1ccc(I)cc1)[C@@H](Cc1ccccc1)NS(=O)(=O)c1ccccc1. The van der Waals surface area contributed by atoms with Crippen LogP contribution in [0.3, 0.4) is 0 Å². The lowest BCUT2D eigenvalue weighted by molar-refractivity contribution is -0.123. The van der Waals surface area contributed by atoms with Crippen molar-refractivity contribution < 1.29 is 13.2 Å². The van der Waals surface area contributed by atoms with Crippen LogP contribution in [0, 0.1) is 3.57 Å². The molecule has 0 saturated carbocycles. The van der Waals surface area contributed by atoms with Crippen molar-refractivity contribution in [2.75, 3.05) is 5.32 Å². The van der Waals surface area contributed by atoms with Gasteiger partial charge in [-0.3, -0.25) is 15.6 Å². The van der Waals surface area contributed by atoms with E-state index in [1.54, 1.807) is 18.2 Å². The van der Waals surface area contributed by atoms with Crippen molar-refractivity contribution in [1.82, 2.24) is 15.6 Å². The van der Waals surface area contributed by atoms with Gasteiger partial charge in [0, 0.05) is 9.26 Å². The Kier molecular flexibility index (Phi) is 8.56. The van der Waals surface area contributed by atoms with Gasteiger partial charge in [0.15, 0.2) is 5.11 Å². The van der Waals surface area contributed by atoms with E-state index in [0.29, 0.717) is 0 Å². The molecule has 0 aliphatic heterocycles. The summed E-state index contributed by atoms with van der Waals surface area (Å²) in [5, 5.41) is 3.12. The lowest BCUT2D eigenvalue weighted by Crippen LogP contribution is -2.53. The fourth-order valence-electron chi connectivity index (χ4n) is 2.79. The molecule has 0 fully saturated rings. The summed E-state index contributed by atoms with van der Waals surface area (Å²) in [7, 11) is -3.90. The standard InChI is InChI=1S/C22H21IN4O3S2/c23-17-11-13-18(14-12-17)24-22(31)26-25-21(28)20(15-16-7-3-1-4-8-16)27-32(29,30)19-9-5-2-6-10-19/h1-14,20,27H,15H2,(H,25,28)(H2,24,26,31)/t20-/m1/s1. The van der Waals surface area contributed by atoms with Gasteiger partial charge in [0.1, 0.15) is 6.04 Å². The number of hydrogen-bond acceptors (Lipinski definition) is 4. The van der Waals surface area contributed by atoms with Gasteiger partial charge in [-0.25, -0.2) is 8.42 Å². The molecule has 0 aromatic heterocycles. The van der Waals surface area contributed by atoms with E-state index in [1.165, 1.54) is 12.1 Å². The van der Waals surface area contributed by atoms with E-state index < -0.39 is 22.0 Å². The van der Waals surface area contributed by atoms with Crippen molar-refractivity contribution in [3.05, 3.63) is 94.1 Å². The topological polar surface area (TPSA) is 99.3 Å². The molecule has 0 spiro atoms. The number of thiocarbonyl (C=S) groups is 1. The fraction of sp³-hybridized carbons (Fsp3) is 0.0909. The molecular formula is C22H21IN4O3S2. The number of amides is 1. The van der Waals surface area contributed by atoms with Crippen LogP contribution in [0.4, 0.5) is 5.69 Å². The van der Waals surface area contributed by atoms with Gasteiger partial charge in [-0.1, -0.05) is 48.5 Å². The van der Waals surface area contributed by atoms with Gasteiger partial charge < -0.3 is 5.32 Å². The zero-order valence-corrected chi connectivity index (χ0v) is 20.6. The molecular weight excluding hydrogens is 559 g/mol. The number of benzene rings is 3. The van der Waals surface area contributed by atoms with Crippen molar-refractivity contribution in [2.45, 2.75) is 17.4 Å². The first kappa shape index (κ1) is 24.1. The van der Waals surface area contributed by atoms with Crippen LogP contribution in [0.15, 0.2) is 89.8 Å². The van der Waals surface area contributed by atoms with Crippen LogP contribution in [0.25, 0.3) is 0 Å². The van der Waals surface area contributed by atoms with Crippen molar-refractivity contribution in [3.8, 4) is 0 Å². The summed E-state index contributed by atoms with van der Waals surface area (Å²) in [5.74, 6) is -0.569. The highest BCUT2D eigenvalue weighted by Crippen LogP contribution is 2.12. The molecule has 166 valence electrons. The molecule has 10 heteroatoms. The number of nitrogens with one attached hydrogen (secondary N) is 4. The molecule has 1 amide bonds. The largest absolute Gasteiger partial charge is 0.331 e. The van der Waals surface area contributed by atoms with E-state index in [2.05, 4.69) is 43.5 Å². The van der Waals surface area contributed by atoms with Gasteiger partial charge in [-0.15, -0.1) is 0 Å². The molecule has 4 N–H and O–H groups in total. The minimum atomic E-state index is -3.90. The predicted octanol–water partition coefficient (Wildman–Crippen LogP) is 3.20. The molecule has 7 nitrogen and oxygen atoms in total. The van der Waals surface area contributed by atoms with Crippen LogP contribution in [-0.4, -0.2) is 25.5 Å². The molecule has 0 radical (unpaired) electrons. The molecule has 1 atom stereocenters. The molecule has 3 aromatic rings. The highest BCUT2D eigenvalue weighted by molar-refractivity contribution is 14.1.